The standard InChI is InChI=1S/C50H47BrF6N2O6Si/c1-48(2,3)66(37-12-6-4-7-13-37,38-14-8-5-9-15-38)65-29-32-24-39-45(47(64)59(46(39)63)36-26-33(49(52,53)54)25-34(27-36)50(55,56)57)40(28-60)44(32)43(62)19-17-30(41-16-10-11-21-58-41)22-31-23-35(51)18-20-42(31)61/h4-16,18,20-23,25-27,39-40,43,45,60-62H,17,19,24,28-29H2,1-3H3/b30-22-/t39-,40+,43-,45-/m1/s1. The Morgan fingerprint density at radius 1 is 0.848 bits per heavy atom. The highest BCUT2D eigenvalue weighted by Gasteiger charge is 2.57. The van der Waals surface area contributed by atoms with E-state index in [4.69, 9.17) is 4.43 Å². The lowest BCUT2D eigenvalue weighted by Gasteiger charge is -2.44. The first-order chi connectivity index (χ1) is 31.2. The average Bonchev–Trinajstić information content (AvgIpc) is 3.53. The number of aromatic hydroxyl groups is 1. The fourth-order valence-corrected chi connectivity index (χ4v) is 14.4. The summed E-state index contributed by atoms with van der Waals surface area (Å²) in [5.41, 5.74) is -2.19. The molecule has 1 saturated heterocycles. The van der Waals surface area contributed by atoms with Crippen molar-refractivity contribution in [2.75, 3.05) is 18.1 Å². The number of aliphatic hydroxyl groups excluding tert-OH is 2. The zero-order valence-electron chi connectivity index (χ0n) is 36.1. The Bertz CT molecular complexity index is 2570. The van der Waals surface area contributed by atoms with E-state index < -0.39 is 84.8 Å². The molecule has 3 N–H and O–H groups in total. The Kier molecular flexibility index (Phi) is 14.0. The highest BCUT2D eigenvalue weighted by molar-refractivity contribution is 9.10. The van der Waals surface area contributed by atoms with Gasteiger partial charge in [0.1, 0.15) is 5.75 Å². The van der Waals surface area contributed by atoms with Crippen LogP contribution in [0.2, 0.25) is 5.04 Å². The number of anilines is 1. The molecule has 346 valence electrons. The first kappa shape index (κ1) is 48.5. The van der Waals surface area contributed by atoms with Crippen LogP contribution in [0.25, 0.3) is 11.6 Å². The van der Waals surface area contributed by atoms with Crippen LogP contribution >= 0.6 is 15.9 Å². The van der Waals surface area contributed by atoms with E-state index in [1.807, 2.05) is 81.4 Å². The first-order valence-electron chi connectivity index (χ1n) is 21.2. The maximum absolute atomic E-state index is 14.5. The molecule has 2 aliphatic rings. The number of amides is 2. The molecule has 66 heavy (non-hydrogen) atoms. The van der Waals surface area contributed by atoms with Gasteiger partial charge < -0.3 is 19.7 Å². The summed E-state index contributed by atoms with van der Waals surface area (Å²) in [6.45, 7) is 5.12. The Morgan fingerprint density at radius 2 is 1.44 bits per heavy atom. The predicted octanol–water partition coefficient (Wildman–Crippen LogP) is 9.96. The minimum atomic E-state index is -5.26. The number of nitrogens with zero attached hydrogens (tertiary/aromatic N) is 2. The van der Waals surface area contributed by atoms with Crippen molar-refractivity contribution in [1.29, 1.82) is 0 Å². The molecular weight excluding hydrogens is 947 g/mol. The van der Waals surface area contributed by atoms with Crippen LogP contribution in [0.3, 0.4) is 0 Å². The van der Waals surface area contributed by atoms with Crippen molar-refractivity contribution in [2.45, 2.75) is 63.5 Å². The van der Waals surface area contributed by atoms with Gasteiger partial charge in [-0.3, -0.25) is 14.6 Å². The van der Waals surface area contributed by atoms with Crippen LogP contribution in [-0.2, 0) is 26.4 Å². The van der Waals surface area contributed by atoms with Crippen LogP contribution in [-0.4, -0.2) is 59.8 Å². The van der Waals surface area contributed by atoms with Crippen LogP contribution in [0.15, 0.2) is 137 Å². The number of aliphatic hydroxyl groups is 2. The molecule has 1 fully saturated rings. The largest absolute Gasteiger partial charge is 0.507 e. The Labute approximate surface area is 387 Å². The summed E-state index contributed by atoms with van der Waals surface area (Å²) >= 11 is 3.43. The smallest absolute Gasteiger partial charge is 0.416 e. The van der Waals surface area contributed by atoms with Gasteiger partial charge in [0.2, 0.25) is 11.8 Å². The van der Waals surface area contributed by atoms with Crippen molar-refractivity contribution < 1.29 is 55.7 Å². The quantitative estimate of drug-likeness (QED) is 0.0465. The topological polar surface area (TPSA) is 120 Å². The van der Waals surface area contributed by atoms with Crippen molar-refractivity contribution >= 4 is 63.8 Å². The molecule has 4 atom stereocenters. The lowest BCUT2D eigenvalue weighted by Crippen LogP contribution is -2.66. The normalized spacial score (nSPS) is 19.1. The second kappa shape index (κ2) is 19.1. The second-order valence-electron chi connectivity index (χ2n) is 17.6. The van der Waals surface area contributed by atoms with E-state index in [9.17, 15) is 51.3 Å². The van der Waals surface area contributed by atoms with Gasteiger partial charge in [-0.2, -0.15) is 26.3 Å². The molecule has 0 spiro atoms. The lowest BCUT2D eigenvalue weighted by atomic mass is 9.68. The summed E-state index contributed by atoms with van der Waals surface area (Å²) in [6.07, 6.45) is -8.81. The molecule has 0 bridgehead atoms. The van der Waals surface area contributed by atoms with Crippen molar-refractivity contribution in [3.05, 3.63) is 159 Å². The second-order valence-corrected chi connectivity index (χ2v) is 22.8. The molecular formula is C50H47BrF6N2O6Si. The number of rotatable bonds is 13. The molecule has 1 aliphatic carbocycles. The SMILES string of the molecule is CC(C)(C)[Si](OCC1=C([C@H](O)CC/C(=C/c2cc(Br)ccc2O)c2ccccn2)[C@H](CO)[C@@H]2C(=O)N(c3cc(C(F)(F)F)cc(C(F)(F)F)c3)C(=O)[C@@H]2C1)(c1ccccc1)c1ccccc1. The number of benzene rings is 4. The van der Waals surface area contributed by atoms with Crippen LogP contribution in [0, 0.1) is 17.8 Å². The van der Waals surface area contributed by atoms with Gasteiger partial charge in [0.15, 0.2) is 0 Å². The monoisotopic (exact) mass is 992 g/mol. The zero-order valence-corrected chi connectivity index (χ0v) is 38.7. The molecule has 2 amide bonds. The summed E-state index contributed by atoms with van der Waals surface area (Å²) in [6, 6.07) is 30.0. The molecule has 0 saturated carbocycles. The third kappa shape index (κ3) is 9.70. The van der Waals surface area contributed by atoms with Crippen molar-refractivity contribution in [3.63, 3.8) is 0 Å². The number of hydrogen-bond acceptors (Lipinski definition) is 7. The van der Waals surface area contributed by atoms with Crippen LogP contribution in [0.5, 0.6) is 5.75 Å². The zero-order chi connectivity index (χ0) is 47.8. The lowest BCUT2D eigenvalue weighted by molar-refractivity contribution is -0.143. The minimum Gasteiger partial charge on any atom is -0.507 e. The number of imide groups is 1. The number of aromatic nitrogens is 1. The Balaban J connectivity index is 1.35. The van der Waals surface area contributed by atoms with E-state index in [1.54, 1.807) is 42.6 Å². The van der Waals surface area contributed by atoms with Gasteiger partial charge >= 0.3 is 12.4 Å². The van der Waals surface area contributed by atoms with E-state index in [-0.39, 0.29) is 43.3 Å². The number of allylic oxidation sites excluding steroid dienone is 1. The molecule has 0 unspecified atom stereocenters. The summed E-state index contributed by atoms with van der Waals surface area (Å²) in [5.74, 6) is -6.27. The third-order valence-corrected chi connectivity index (χ3v) is 17.9. The molecule has 0 radical (unpaired) electrons. The third-order valence-electron chi connectivity index (χ3n) is 12.5. The molecule has 5 aromatic rings. The molecule has 2 heterocycles. The highest BCUT2D eigenvalue weighted by atomic mass is 79.9. The average molecular weight is 994 g/mol. The fourth-order valence-electron chi connectivity index (χ4n) is 9.47. The van der Waals surface area contributed by atoms with Gasteiger partial charge in [0.25, 0.3) is 8.32 Å². The van der Waals surface area contributed by atoms with Gasteiger partial charge in [-0.25, -0.2) is 4.90 Å². The van der Waals surface area contributed by atoms with E-state index in [2.05, 4.69) is 20.9 Å². The number of alkyl halides is 6. The van der Waals surface area contributed by atoms with E-state index >= 15 is 0 Å². The number of fused-ring (bicyclic) bond motifs is 1. The molecule has 16 heteroatoms. The van der Waals surface area contributed by atoms with E-state index in [0.717, 1.165) is 10.4 Å². The van der Waals surface area contributed by atoms with Gasteiger partial charge in [-0.05, 0) is 106 Å². The number of hydrogen-bond donors (Lipinski definition) is 3. The molecule has 4 aromatic carbocycles. The molecule has 8 nitrogen and oxygen atoms in total. The summed E-state index contributed by atoms with van der Waals surface area (Å²) in [4.78, 5) is 33.8. The number of carbonyl (C=O) groups excluding carboxylic acids is 2. The van der Waals surface area contributed by atoms with Gasteiger partial charge in [-0.15, -0.1) is 0 Å². The van der Waals surface area contributed by atoms with Crippen molar-refractivity contribution in [1.82, 2.24) is 4.98 Å². The molecule has 1 aromatic heterocycles. The van der Waals surface area contributed by atoms with Crippen LogP contribution < -0.4 is 15.3 Å². The summed E-state index contributed by atoms with van der Waals surface area (Å²) in [7, 11) is -3.34. The summed E-state index contributed by atoms with van der Waals surface area (Å²) < 4.78 is 92.4. The maximum atomic E-state index is 14.5. The number of carbonyl (C=O) groups is 2. The summed E-state index contributed by atoms with van der Waals surface area (Å²) in [5, 5.41) is 35.7. The number of halogens is 7. The van der Waals surface area contributed by atoms with Gasteiger partial charge in [0, 0.05) is 22.2 Å². The number of phenolic OH excluding ortho intramolecular Hbond substituents is 1. The highest BCUT2D eigenvalue weighted by Crippen LogP contribution is 2.49. The number of pyridine rings is 1. The number of phenols is 1. The Hall–Kier alpha value is -5.39. The predicted molar refractivity (Wildman–Crippen MR) is 245 cm³/mol. The van der Waals surface area contributed by atoms with Crippen molar-refractivity contribution in [2.24, 2.45) is 17.8 Å². The first-order valence-corrected chi connectivity index (χ1v) is 23.9. The van der Waals surface area contributed by atoms with Crippen molar-refractivity contribution in [3.8, 4) is 5.75 Å². The maximum Gasteiger partial charge on any atom is 0.416 e. The fraction of sp³-hybridized carbons (Fsp3) is 0.300. The van der Waals surface area contributed by atoms with Gasteiger partial charge in [0.05, 0.1) is 53.7 Å². The van der Waals surface area contributed by atoms with Crippen LogP contribution in [0.4, 0.5) is 32.0 Å². The molecule has 7 rings (SSSR count). The Morgan fingerprint density at radius 3 is 1.97 bits per heavy atom. The van der Waals surface area contributed by atoms with E-state index in [0.29, 0.717) is 43.9 Å². The van der Waals surface area contributed by atoms with Crippen LogP contribution in [0.1, 0.15) is 62.4 Å². The minimum absolute atomic E-state index is 0.0200. The van der Waals surface area contributed by atoms with E-state index in [1.165, 1.54) is 6.07 Å². The molecule has 1 aliphatic heterocycles. The van der Waals surface area contributed by atoms with Gasteiger partial charge in [-0.1, -0.05) is 103 Å².